The molecular formula is C13H15N3O2S. The van der Waals surface area contributed by atoms with Crippen molar-refractivity contribution in [3.05, 3.63) is 23.7 Å². The van der Waals surface area contributed by atoms with Gasteiger partial charge in [0.1, 0.15) is 0 Å². The number of amides is 1. The van der Waals surface area contributed by atoms with Crippen LogP contribution >= 0.6 is 11.3 Å². The van der Waals surface area contributed by atoms with Crippen LogP contribution in [0.5, 0.6) is 0 Å². The Morgan fingerprint density at radius 1 is 1.63 bits per heavy atom. The minimum absolute atomic E-state index is 0.00489. The fourth-order valence-corrected chi connectivity index (χ4v) is 2.83. The van der Waals surface area contributed by atoms with Gasteiger partial charge in [-0.15, -0.1) is 11.3 Å². The summed E-state index contributed by atoms with van der Waals surface area (Å²) in [5.74, 6) is -0.0346. The summed E-state index contributed by atoms with van der Waals surface area (Å²) < 4.78 is 7.22. The predicted octanol–water partition coefficient (Wildman–Crippen LogP) is 2.12. The van der Waals surface area contributed by atoms with Gasteiger partial charge in [0, 0.05) is 25.2 Å². The minimum Gasteiger partial charge on any atom is -0.381 e. The molecule has 3 rings (SSSR count). The molecule has 0 aliphatic carbocycles. The number of nitrogens with zero attached hydrogens (tertiary/aromatic N) is 2. The van der Waals surface area contributed by atoms with E-state index in [0.717, 1.165) is 17.8 Å². The SMILES string of the molecule is Cn1cccc1-c1csc(NC(=O)C2CCOC2)n1. The zero-order valence-corrected chi connectivity index (χ0v) is 11.4. The van der Waals surface area contributed by atoms with Crippen LogP contribution in [0.15, 0.2) is 23.7 Å². The normalized spacial score (nSPS) is 18.7. The molecule has 2 aromatic rings. The first-order chi connectivity index (χ1) is 9.24. The highest BCUT2D eigenvalue weighted by Gasteiger charge is 2.24. The lowest BCUT2D eigenvalue weighted by molar-refractivity contribution is -0.119. The fourth-order valence-electron chi connectivity index (χ4n) is 2.12. The minimum atomic E-state index is -0.0395. The summed E-state index contributed by atoms with van der Waals surface area (Å²) in [6, 6.07) is 3.98. The molecule has 19 heavy (non-hydrogen) atoms. The van der Waals surface area contributed by atoms with Crippen LogP contribution < -0.4 is 5.32 Å². The maximum atomic E-state index is 11.9. The quantitative estimate of drug-likeness (QED) is 0.935. The molecule has 100 valence electrons. The zero-order chi connectivity index (χ0) is 13.2. The standard InChI is InChI=1S/C13H15N3O2S/c1-16-5-2-3-11(16)10-8-19-13(14-10)15-12(17)9-4-6-18-7-9/h2-3,5,8-9H,4,6-7H2,1H3,(H,14,15,17). The van der Waals surface area contributed by atoms with Gasteiger partial charge in [0.05, 0.1) is 23.9 Å². The van der Waals surface area contributed by atoms with E-state index in [1.54, 1.807) is 0 Å². The van der Waals surface area contributed by atoms with E-state index in [1.807, 2.05) is 35.3 Å². The van der Waals surface area contributed by atoms with Crippen LogP contribution in [0, 0.1) is 5.92 Å². The van der Waals surface area contributed by atoms with Gasteiger partial charge in [0.2, 0.25) is 5.91 Å². The Bertz CT molecular complexity index is 584. The molecule has 1 N–H and O–H groups in total. The number of rotatable bonds is 3. The number of hydrogen-bond acceptors (Lipinski definition) is 4. The fraction of sp³-hybridized carbons (Fsp3) is 0.385. The molecule has 1 aliphatic heterocycles. The first kappa shape index (κ1) is 12.4. The topological polar surface area (TPSA) is 56.2 Å². The lowest BCUT2D eigenvalue weighted by Gasteiger charge is -2.06. The number of aryl methyl sites for hydroxylation is 1. The van der Waals surface area contributed by atoms with Crippen LogP contribution in [-0.2, 0) is 16.6 Å². The molecule has 3 heterocycles. The Labute approximate surface area is 115 Å². The molecule has 0 saturated carbocycles. The van der Waals surface area contributed by atoms with Gasteiger partial charge >= 0.3 is 0 Å². The predicted molar refractivity (Wildman–Crippen MR) is 74.1 cm³/mol. The van der Waals surface area contributed by atoms with Crippen molar-refractivity contribution >= 4 is 22.4 Å². The van der Waals surface area contributed by atoms with E-state index in [9.17, 15) is 4.79 Å². The number of anilines is 1. The molecule has 1 fully saturated rings. The maximum absolute atomic E-state index is 11.9. The Morgan fingerprint density at radius 3 is 3.21 bits per heavy atom. The van der Waals surface area contributed by atoms with Gasteiger partial charge in [-0.2, -0.15) is 0 Å². The van der Waals surface area contributed by atoms with Crippen LogP contribution in [-0.4, -0.2) is 28.7 Å². The molecule has 1 saturated heterocycles. The number of hydrogen-bond donors (Lipinski definition) is 1. The number of ether oxygens (including phenoxy) is 1. The van der Waals surface area contributed by atoms with Crippen molar-refractivity contribution in [2.75, 3.05) is 18.5 Å². The summed E-state index contributed by atoms with van der Waals surface area (Å²) in [4.78, 5) is 16.4. The lowest BCUT2D eigenvalue weighted by atomic mass is 10.1. The third kappa shape index (κ3) is 2.54. The van der Waals surface area contributed by atoms with E-state index in [-0.39, 0.29) is 11.8 Å². The van der Waals surface area contributed by atoms with Gasteiger partial charge in [-0.1, -0.05) is 0 Å². The second-order valence-electron chi connectivity index (χ2n) is 4.59. The molecule has 0 aromatic carbocycles. The van der Waals surface area contributed by atoms with E-state index in [2.05, 4.69) is 10.3 Å². The molecule has 0 radical (unpaired) electrons. The zero-order valence-electron chi connectivity index (χ0n) is 10.6. The van der Waals surface area contributed by atoms with Gasteiger partial charge in [-0.25, -0.2) is 4.98 Å². The number of thiazole rings is 1. The first-order valence-corrected chi connectivity index (χ1v) is 7.08. The Morgan fingerprint density at radius 2 is 2.53 bits per heavy atom. The van der Waals surface area contributed by atoms with Crippen LogP contribution in [0.2, 0.25) is 0 Å². The molecule has 1 atom stereocenters. The third-order valence-electron chi connectivity index (χ3n) is 3.24. The monoisotopic (exact) mass is 277 g/mol. The van der Waals surface area contributed by atoms with E-state index in [0.29, 0.717) is 18.3 Å². The lowest BCUT2D eigenvalue weighted by Crippen LogP contribution is -2.22. The molecule has 1 aliphatic rings. The molecule has 0 spiro atoms. The molecule has 1 amide bonds. The van der Waals surface area contributed by atoms with Gasteiger partial charge in [-0.3, -0.25) is 4.79 Å². The summed E-state index contributed by atoms with van der Waals surface area (Å²) >= 11 is 1.45. The van der Waals surface area contributed by atoms with E-state index in [1.165, 1.54) is 11.3 Å². The maximum Gasteiger partial charge on any atom is 0.231 e. The first-order valence-electron chi connectivity index (χ1n) is 6.20. The van der Waals surface area contributed by atoms with E-state index < -0.39 is 0 Å². The number of nitrogens with one attached hydrogen (secondary N) is 1. The van der Waals surface area contributed by atoms with Crippen molar-refractivity contribution < 1.29 is 9.53 Å². The van der Waals surface area contributed by atoms with Crippen molar-refractivity contribution in [1.29, 1.82) is 0 Å². The second kappa shape index (κ2) is 5.14. The Kier molecular flexibility index (Phi) is 3.35. The van der Waals surface area contributed by atoms with Gasteiger partial charge < -0.3 is 14.6 Å². The Balaban J connectivity index is 1.71. The number of aromatic nitrogens is 2. The number of carbonyl (C=O) groups excluding carboxylic acids is 1. The van der Waals surface area contributed by atoms with Crippen molar-refractivity contribution in [1.82, 2.24) is 9.55 Å². The summed E-state index contributed by atoms with van der Waals surface area (Å²) in [6.45, 7) is 1.19. The van der Waals surface area contributed by atoms with Crippen LogP contribution in [0.3, 0.4) is 0 Å². The van der Waals surface area contributed by atoms with Crippen molar-refractivity contribution in [3.8, 4) is 11.4 Å². The van der Waals surface area contributed by atoms with Crippen molar-refractivity contribution in [3.63, 3.8) is 0 Å². The summed E-state index contributed by atoms with van der Waals surface area (Å²) in [6.07, 6.45) is 2.77. The van der Waals surface area contributed by atoms with E-state index >= 15 is 0 Å². The van der Waals surface area contributed by atoms with Gasteiger partial charge in [0.15, 0.2) is 5.13 Å². The third-order valence-corrected chi connectivity index (χ3v) is 4.00. The molecule has 0 bridgehead atoms. The summed E-state index contributed by atoms with van der Waals surface area (Å²) in [5.41, 5.74) is 1.93. The summed E-state index contributed by atoms with van der Waals surface area (Å²) in [5, 5.41) is 5.47. The van der Waals surface area contributed by atoms with E-state index in [4.69, 9.17) is 4.74 Å². The second-order valence-corrected chi connectivity index (χ2v) is 5.45. The summed E-state index contributed by atoms with van der Waals surface area (Å²) in [7, 11) is 1.98. The molecular weight excluding hydrogens is 262 g/mol. The molecule has 2 aromatic heterocycles. The Hall–Kier alpha value is -1.66. The smallest absolute Gasteiger partial charge is 0.231 e. The number of carbonyl (C=O) groups is 1. The van der Waals surface area contributed by atoms with Crippen molar-refractivity contribution in [2.24, 2.45) is 13.0 Å². The average Bonchev–Trinajstić information content (AvgIpc) is 3.08. The molecule has 5 nitrogen and oxygen atoms in total. The highest BCUT2D eigenvalue weighted by atomic mass is 32.1. The molecule has 1 unspecified atom stereocenters. The molecule has 6 heteroatoms. The van der Waals surface area contributed by atoms with Gasteiger partial charge in [0.25, 0.3) is 0 Å². The average molecular weight is 277 g/mol. The van der Waals surface area contributed by atoms with Crippen molar-refractivity contribution in [2.45, 2.75) is 6.42 Å². The van der Waals surface area contributed by atoms with Crippen LogP contribution in [0.25, 0.3) is 11.4 Å². The van der Waals surface area contributed by atoms with Crippen LogP contribution in [0.1, 0.15) is 6.42 Å². The highest BCUT2D eigenvalue weighted by molar-refractivity contribution is 7.14. The highest BCUT2D eigenvalue weighted by Crippen LogP contribution is 2.25. The largest absolute Gasteiger partial charge is 0.381 e. The van der Waals surface area contributed by atoms with Crippen LogP contribution in [0.4, 0.5) is 5.13 Å². The van der Waals surface area contributed by atoms with Gasteiger partial charge in [-0.05, 0) is 18.6 Å².